The lowest BCUT2D eigenvalue weighted by Gasteiger charge is -2.19. The first-order chi connectivity index (χ1) is 12.3. The van der Waals surface area contributed by atoms with Crippen LogP contribution in [0.5, 0.6) is 0 Å². The minimum atomic E-state index is -3.77. The van der Waals surface area contributed by atoms with Gasteiger partial charge >= 0.3 is 0 Å². The summed E-state index contributed by atoms with van der Waals surface area (Å²) in [5.41, 5.74) is -0.296. The molecule has 1 heterocycles. The molecule has 2 aromatic rings. The van der Waals surface area contributed by atoms with Gasteiger partial charge in [0.2, 0.25) is 10.0 Å². The van der Waals surface area contributed by atoms with E-state index in [0.717, 1.165) is 12.1 Å². The van der Waals surface area contributed by atoms with Crippen LogP contribution in [0.25, 0.3) is 0 Å². The molecule has 9 heteroatoms. The molecular weight excluding hydrogens is 359 g/mol. The van der Waals surface area contributed by atoms with Crippen molar-refractivity contribution in [1.29, 1.82) is 0 Å². The second-order valence-electron chi connectivity index (χ2n) is 5.86. The molecule has 1 unspecified atom stereocenters. The second-order valence-corrected chi connectivity index (χ2v) is 7.80. The molecule has 0 saturated carbocycles. The van der Waals surface area contributed by atoms with Crippen molar-refractivity contribution in [2.75, 3.05) is 13.1 Å². The monoisotopic (exact) mass is 382 g/mol. The molecule has 2 rings (SSSR count). The van der Waals surface area contributed by atoms with Gasteiger partial charge in [-0.2, -0.15) is 4.31 Å². The van der Waals surface area contributed by atoms with Crippen LogP contribution in [-0.4, -0.2) is 47.3 Å². The number of halogens is 1. The summed E-state index contributed by atoms with van der Waals surface area (Å²) in [5.74, 6) is -1.43. The first-order valence-electron chi connectivity index (χ1n) is 8.35. The first kappa shape index (κ1) is 20.1. The molecule has 0 aliphatic carbocycles. The molecule has 1 aromatic carbocycles. The van der Waals surface area contributed by atoms with E-state index in [-0.39, 0.29) is 16.5 Å². The number of sulfonamides is 1. The predicted octanol–water partition coefficient (Wildman–Crippen LogP) is 1.87. The number of rotatable bonds is 8. The highest BCUT2D eigenvalue weighted by atomic mass is 32.2. The summed E-state index contributed by atoms with van der Waals surface area (Å²) in [4.78, 5) is 16.2. The minimum Gasteiger partial charge on any atom is -0.348 e. The zero-order chi connectivity index (χ0) is 19.3. The lowest BCUT2D eigenvalue weighted by atomic mass is 10.2. The molecule has 1 aromatic heterocycles. The first-order valence-corrected chi connectivity index (χ1v) is 9.79. The summed E-state index contributed by atoms with van der Waals surface area (Å²) in [7, 11) is -3.77. The number of hydrogen-bond donors (Lipinski definition) is 1. The normalized spacial score (nSPS) is 13.0. The molecule has 142 valence electrons. The number of carbonyl (C=O) groups is 1. The lowest BCUT2D eigenvalue weighted by molar-refractivity contribution is 0.0932. The van der Waals surface area contributed by atoms with Crippen LogP contribution in [0.4, 0.5) is 4.39 Å². The number of hydrogen-bond acceptors (Lipinski definition) is 4. The Morgan fingerprint density at radius 2 is 2.04 bits per heavy atom. The van der Waals surface area contributed by atoms with Gasteiger partial charge in [-0.25, -0.2) is 17.8 Å². The maximum atomic E-state index is 14.1. The fourth-order valence-corrected chi connectivity index (χ4v) is 4.09. The van der Waals surface area contributed by atoms with E-state index in [9.17, 15) is 17.6 Å². The van der Waals surface area contributed by atoms with Gasteiger partial charge in [0.25, 0.3) is 5.91 Å². The van der Waals surface area contributed by atoms with E-state index in [4.69, 9.17) is 0 Å². The average Bonchev–Trinajstić information content (AvgIpc) is 3.08. The van der Waals surface area contributed by atoms with E-state index < -0.39 is 21.7 Å². The Morgan fingerprint density at radius 3 is 2.62 bits per heavy atom. The van der Waals surface area contributed by atoms with E-state index in [2.05, 4.69) is 10.3 Å². The fraction of sp³-hybridized carbons (Fsp3) is 0.412. The Labute approximate surface area is 152 Å². The third-order valence-electron chi connectivity index (χ3n) is 3.95. The summed E-state index contributed by atoms with van der Waals surface area (Å²) >= 11 is 0. The number of aromatic nitrogens is 2. The van der Waals surface area contributed by atoms with Crippen molar-refractivity contribution in [1.82, 2.24) is 19.2 Å². The van der Waals surface area contributed by atoms with Crippen LogP contribution in [-0.2, 0) is 16.6 Å². The highest BCUT2D eigenvalue weighted by Crippen LogP contribution is 2.19. The lowest BCUT2D eigenvalue weighted by Crippen LogP contribution is -2.36. The van der Waals surface area contributed by atoms with Gasteiger partial charge in [0.15, 0.2) is 0 Å². The Balaban J connectivity index is 2.22. The summed E-state index contributed by atoms with van der Waals surface area (Å²) < 4.78 is 42.3. The van der Waals surface area contributed by atoms with Crippen molar-refractivity contribution in [3.05, 3.63) is 48.3 Å². The Morgan fingerprint density at radius 1 is 1.35 bits per heavy atom. The summed E-state index contributed by atoms with van der Waals surface area (Å²) in [6.07, 6.45) is 4.98. The molecule has 0 bridgehead atoms. The van der Waals surface area contributed by atoms with Crippen molar-refractivity contribution in [2.45, 2.75) is 38.3 Å². The van der Waals surface area contributed by atoms with Gasteiger partial charge in [-0.15, -0.1) is 0 Å². The maximum Gasteiger partial charge on any atom is 0.254 e. The number of nitrogens with one attached hydrogen (secondary N) is 1. The van der Waals surface area contributed by atoms with Gasteiger partial charge < -0.3 is 9.88 Å². The average molecular weight is 382 g/mol. The van der Waals surface area contributed by atoms with Crippen molar-refractivity contribution in [2.24, 2.45) is 0 Å². The third-order valence-corrected chi connectivity index (χ3v) is 5.99. The molecule has 0 aliphatic rings. The molecule has 1 atom stereocenters. The van der Waals surface area contributed by atoms with Gasteiger partial charge in [-0.3, -0.25) is 4.79 Å². The smallest absolute Gasteiger partial charge is 0.254 e. The van der Waals surface area contributed by atoms with Crippen LogP contribution >= 0.6 is 0 Å². The van der Waals surface area contributed by atoms with Crippen molar-refractivity contribution >= 4 is 15.9 Å². The standard InChI is InChI=1S/C17H23FN4O3S/c1-4-22(5-2)26(24,25)14-6-7-16(18)15(10-14)17(23)20-13(3)11-21-9-8-19-12-21/h6-10,12-13H,4-5,11H2,1-3H3,(H,20,23). The maximum absolute atomic E-state index is 14.1. The van der Waals surface area contributed by atoms with E-state index in [1.54, 1.807) is 44.1 Å². The topological polar surface area (TPSA) is 84.3 Å². The van der Waals surface area contributed by atoms with Crippen LogP contribution in [0.2, 0.25) is 0 Å². The van der Waals surface area contributed by atoms with Crippen LogP contribution in [0.15, 0.2) is 41.8 Å². The molecule has 1 amide bonds. The fourth-order valence-electron chi connectivity index (χ4n) is 2.61. The Bertz CT molecular complexity index is 849. The van der Waals surface area contributed by atoms with Gasteiger partial charge in [0.05, 0.1) is 16.8 Å². The predicted molar refractivity (Wildman–Crippen MR) is 95.7 cm³/mol. The molecule has 0 spiro atoms. The number of amides is 1. The molecular formula is C17H23FN4O3S. The Hall–Kier alpha value is -2.26. The second kappa shape index (κ2) is 8.41. The molecule has 26 heavy (non-hydrogen) atoms. The van der Waals surface area contributed by atoms with Crippen LogP contribution in [0, 0.1) is 5.82 Å². The van der Waals surface area contributed by atoms with E-state index >= 15 is 0 Å². The Kier molecular flexibility index (Phi) is 6.49. The number of carbonyl (C=O) groups excluding carboxylic acids is 1. The van der Waals surface area contributed by atoms with Crippen LogP contribution in [0.1, 0.15) is 31.1 Å². The van der Waals surface area contributed by atoms with Gasteiger partial charge in [-0.1, -0.05) is 13.8 Å². The molecule has 0 fully saturated rings. The van der Waals surface area contributed by atoms with Gasteiger partial charge in [-0.05, 0) is 25.1 Å². The summed E-state index contributed by atoms with van der Waals surface area (Å²) in [6, 6.07) is 2.97. The molecule has 0 aliphatic heterocycles. The summed E-state index contributed by atoms with van der Waals surface area (Å²) in [6.45, 7) is 6.25. The zero-order valence-corrected chi connectivity index (χ0v) is 15.8. The quantitative estimate of drug-likeness (QED) is 0.755. The van der Waals surface area contributed by atoms with Gasteiger partial charge in [0, 0.05) is 38.1 Å². The van der Waals surface area contributed by atoms with E-state index in [0.29, 0.717) is 19.6 Å². The van der Waals surface area contributed by atoms with Crippen LogP contribution in [0.3, 0.4) is 0 Å². The van der Waals surface area contributed by atoms with E-state index in [1.165, 1.54) is 10.4 Å². The van der Waals surface area contributed by atoms with E-state index in [1.807, 2.05) is 0 Å². The van der Waals surface area contributed by atoms with Crippen molar-refractivity contribution in [3.63, 3.8) is 0 Å². The zero-order valence-electron chi connectivity index (χ0n) is 15.0. The molecule has 0 radical (unpaired) electrons. The number of nitrogens with zero attached hydrogens (tertiary/aromatic N) is 3. The van der Waals surface area contributed by atoms with Gasteiger partial charge in [0.1, 0.15) is 5.82 Å². The largest absolute Gasteiger partial charge is 0.348 e. The minimum absolute atomic E-state index is 0.102. The highest BCUT2D eigenvalue weighted by molar-refractivity contribution is 7.89. The summed E-state index contributed by atoms with van der Waals surface area (Å²) in [5, 5.41) is 2.68. The third kappa shape index (κ3) is 4.47. The number of benzene rings is 1. The molecule has 1 N–H and O–H groups in total. The SMILES string of the molecule is CCN(CC)S(=O)(=O)c1ccc(F)c(C(=O)NC(C)Cn2ccnc2)c1. The highest BCUT2D eigenvalue weighted by Gasteiger charge is 2.24. The molecule has 0 saturated heterocycles. The molecule has 7 nitrogen and oxygen atoms in total. The van der Waals surface area contributed by atoms with Crippen LogP contribution < -0.4 is 5.32 Å². The van der Waals surface area contributed by atoms with Crippen molar-refractivity contribution < 1.29 is 17.6 Å². The number of imidazole rings is 1. The van der Waals surface area contributed by atoms with Crippen molar-refractivity contribution in [3.8, 4) is 0 Å².